The van der Waals surface area contributed by atoms with Crippen LogP contribution in [0, 0.1) is 29.9 Å². The Labute approximate surface area is 278 Å². The molecule has 2 aromatic heterocycles. The van der Waals surface area contributed by atoms with Gasteiger partial charge in [0.25, 0.3) is 5.92 Å². The van der Waals surface area contributed by atoms with Crippen molar-refractivity contribution in [2.24, 2.45) is 5.92 Å². The Balaban J connectivity index is 1.43. The lowest BCUT2D eigenvalue weighted by Gasteiger charge is -2.43. The summed E-state index contributed by atoms with van der Waals surface area (Å²) < 4.78 is 72.3. The number of nitriles is 1. The van der Waals surface area contributed by atoms with E-state index in [0.29, 0.717) is 46.9 Å². The molecule has 4 aliphatic heterocycles. The molecule has 1 aliphatic carbocycles. The number of hydrogen-bond acceptors (Lipinski definition) is 4. The molecule has 9 rings (SSSR count). The molecule has 0 spiro atoms. The second kappa shape index (κ2) is 10.5. The third-order valence-corrected chi connectivity index (χ3v) is 11.1. The summed E-state index contributed by atoms with van der Waals surface area (Å²) in [4.78, 5) is 20.8. The molecule has 2 bridgehead atoms. The number of amides is 2. The van der Waals surface area contributed by atoms with E-state index in [-0.39, 0.29) is 50.4 Å². The van der Waals surface area contributed by atoms with Crippen LogP contribution in [0.2, 0.25) is 10.0 Å². The number of pyridine rings is 1. The topological polar surface area (TPSA) is 77.2 Å². The van der Waals surface area contributed by atoms with Gasteiger partial charge < -0.3 is 19.7 Å². The maximum absolute atomic E-state index is 17.2. The highest BCUT2D eigenvalue weighted by molar-refractivity contribution is 6.43. The van der Waals surface area contributed by atoms with E-state index in [1.807, 2.05) is 0 Å². The SMILES string of the molecule is [2H]C([2H])([2H])c1nc2c(F)c(-c3cccc(Cl)c3Cl)c(C(C)C#N)cc2c2c1cc([C@H]1CCCN1C(=O)N1CC(F)(F)C1)n2[C@H]1[C@H]2CN[C@@H]1C2. The van der Waals surface area contributed by atoms with Gasteiger partial charge in [-0.3, -0.25) is 0 Å². The Morgan fingerprint density at radius 2 is 2.07 bits per heavy atom. The van der Waals surface area contributed by atoms with Crippen molar-refractivity contribution < 1.29 is 22.1 Å². The van der Waals surface area contributed by atoms with E-state index in [9.17, 15) is 18.8 Å². The Hall–Kier alpha value is -3.52. The summed E-state index contributed by atoms with van der Waals surface area (Å²) in [5.74, 6) is -4.35. The van der Waals surface area contributed by atoms with Crippen LogP contribution in [0.4, 0.5) is 18.0 Å². The summed E-state index contributed by atoms with van der Waals surface area (Å²) in [5.41, 5.74) is 1.23. The van der Waals surface area contributed by atoms with Gasteiger partial charge in [-0.05, 0) is 62.7 Å². The van der Waals surface area contributed by atoms with Crippen LogP contribution in [0.1, 0.15) is 65.3 Å². The molecule has 1 saturated carbocycles. The monoisotopic (exact) mass is 669 g/mol. The predicted octanol–water partition coefficient (Wildman–Crippen LogP) is 7.98. The Bertz CT molecular complexity index is 2100. The van der Waals surface area contributed by atoms with Gasteiger partial charge in [0.2, 0.25) is 0 Å². The van der Waals surface area contributed by atoms with E-state index in [0.717, 1.165) is 17.9 Å². The predicted molar refractivity (Wildman–Crippen MR) is 171 cm³/mol. The zero-order valence-electron chi connectivity index (χ0n) is 27.8. The molecular weight excluding hydrogens is 636 g/mol. The van der Waals surface area contributed by atoms with Gasteiger partial charge in [-0.1, -0.05) is 35.3 Å². The number of carbonyl (C=O) groups excluding carboxylic acids is 1. The number of aryl methyl sites for hydroxylation is 1. The molecule has 1 unspecified atom stereocenters. The largest absolute Gasteiger partial charge is 0.337 e. The Kier molecular flexibility index (Phi) is 6.05. The summed E-state index contributed by atoms with van der Waals surface area (Å²) in [6.45, 7) is -1.31. The minimum atomic E-state index is -2.92. The number of benzene rings is 2. The zero-order valence-corrected chi connectivity index (χ0v) is 26.3. The molecule has 1 N–H and O–H groups in total. The van der Waals surface area contributed by atoms with Crippen LogP contribution < -0.4 is 5.32 Å². The first kappa shape index (κ1) is 26.5. The Morgan fingerprint density at radius 3 is 2.74 bits per heavy atom. The highest BCUT2D eigenvalue weighted by Gasteiger charge is 2.51. The molecular formula is C34H31Cl2F3N6O. The van der Waals surface area contributed by atoms with Crippen LogP contribution in [0.25, 0.3) is 32.9 Å². The zero-order chi connectivity index (χ0) is 34.7. The first-order valence-electron chi connectivity index (χ1n) is 16.9. The number of alkyl halides is 2. The van der Waals surface area contributed by atoms with E-state index in [4.69, 9.17) is 27.3 Å². The van der Waals surface area contributed by atoms with Crippen molar-refractivity contribution >= 4 is 51.0 Å². The van der Waals surface area contributed by atoms with Crippen LogP contribution in [0.3, 0.4) is 0 Å². The lowest BCUT2D eigenvalue weighted by molar-refractivity contribution is -0.114. The maximum atomic E-state index is 17.2. The summed E-state index contributed by atoms with van der Waals surface area (Å²) in [6.07, 6.45) is 2.07. The standard InChI is InChI=1S/C34H31Cl2F3N6O/c1-16(12-40)20-10-22-30(29(37)27(20)19-5-3-6-23(35)28(19)36)42-17(2)21-11-26(45(32(21)22)31-18-9-24(31)41-13-18)25-7-4-8-44(25)33(46)43-14-34(38,39)15-43/h3,5-6,10-11,16,18,24-25,31,41H,4,7-9,13-15H2,1-2H3/t16?,18-,24-,25-,31+/m1/s1/i2D3. The summed E-state index contributed by atoms with van der Waals surface area (Å²) in [6, 6.07) is 9.34. The average Bonchev–Trinajstić information content (AvgIpc) is 3.84. The number of nitrogens with one attached hydrogen (secondary N) is 1. The second-order valence-electron chi connectivity index (χ2n) is 13.0. The molecule has 4 saturated heterocycles. The fourth-order valence-corrected chi connectivity index (χ4v) is 8.45. The number of urea groups is 1. The van der Waals surface area contributed by atoms with Gasteiger partial charge in [0, 0.05) is 56.5 Å². The third-order valence-electron chi connectivity index (χ3n) is 10.3. The van der Waals surface area contributed by atoms with Crippen molar-refractivity contribution in [3.8, 4) is 17.2 Å². The minimum absolute atomic E-state index is 0.0139. The van der Waals surface area contributed by atoms with E-state index in [2.05, 4.69) is 20.9 Å². The third kappa shape index (κ3) is 4.28. The van der Waals surface area contributed by atoms with Crippen molar-refractivity contribution in [1.82, 2.24) is 24.7 Å². The molecule has 238 valence electrons. The lowest BCUT2D eigenvalue weighted by Crippen LogP contribution is -2.61. The van der Waals surface area contributed by atoms with Gasteiger partial charge in [0.05, 0.1) is 52.7 Å². The van der Waals surface area contributed by atoms with Crippen LogP contribution in [-0.4, -0.2) is 63.5 Å². The number of halogens is 5. The molecule has 0 radical (unpaired) electrons. The number of aromatic nitrogens is 2. The lowest BCUT2D eigenvalue weighted by atomic mass is 9.79. The molecule has 12 heteroatoms. The number of hydrogen-bond donors (Lipinski definition) is 1. The number of rotatable bonds is 4. The van der Waals surface area contributed by atoms with Gasteiger partial charge in [-0.15, -0.1) is 0 Å². The molecule has 46 heavy (non-hydrogen) atoms. The molecule has 5 aliphatic rings. The van der Waals surface area contributed by atoms with Crippen molar-refractivity contribution in [3.05, 3.63) is 63.1 Å². The van der Waals surface area contributed by atoms with E-state index in [1.54, 1.807) is 42.2 Å². The van der Waals surface area contributed by atoms with Crippen LogP contribution >= 0.6 is 23.2 Å². The maximum Gasteiger partial charge on any atom is 0.320 e. The molecule has 4 aromatic rings. The molecule has 2 amide bonds. The molecule has 5 fully saturated rings. The van der Waals surface area contributed by atoms with E-state index < -0.39 is 49.7 Å². The highest BCUT2D eigenvalue weighted by Crippen LogP contribution is 2.51. The number of fused-ring (bicyclic) bond motifs is 4. The average molecular weight is 671 g/mol. The summed E-state index contributed by atoms with van der Waals surface area (Å²) in [5, 5.41) is 14.5. The Morgan fingerprint density at radius 1 is 1.26 bits per heavy atom. The second-order valence-corrected chi connectivity index (χ2v) is 13.8. The van der Waals surface area contributed by atoms with E-state index >= 15 is 4.39 Å². The van der Waals surface area contributed by atoms with Gasteiger partial charge in [0.1, 0.15) is 5.52 Å². The van der Waals surface area contributed by atoms with Crippen LogP contribution in [0.15, 0.2) is 30.3 Å². The van der Waals surface area contributed by atoms with Gasteiger partial charge >= 0.3 is 6.03 Å². The fraction of sp³-hybridized carbons (Fsp3) is 0.441. The number of carbonyl (C=O) groups is 1. The quantitative estimate of drug-likeness (QED) is 0.239. The molecule has 7 nitrogen and oxygen atoms in total. The normalized spacial score (nSPS) is 26.8. The van der Waals surface area contributed by atoms with E-state index in [1.165, 1.54) is 0 Å². The van der Waals surface area contributed by atoms with Crippen molar-refractivity contribution in [3.63, 3.8) is 0 Å². The van der Waals surface area contributed by atoms with Gasteiger partial charge in [0.15, 0.2) is 5.82 Å². The van der Waals surface area contributed by atoms with Crippen molar-refractivity contribution in [2.45, 2.75) is 63.0 Å². The van der Waals surface area contributed by atoms with Gasteiger partial charge in [-0.2, -0.15) is 5.26 Å². The highest BCUT2D eigenvalue weighted by atomic mass is 35.5. The minimum Gasteiger partial charge on any atom is -0.337 e. The summed E-state index contributed by atoms with van der Waals surface area (Å²) >= 11 is 12.9. The number of likely N-dealkylation sites (tertiary alicyclic amines) is 2. The molecule has 5 atom stereocenters. The van der Waals surface area contributed by atoms with Crippen molar-refractivity contribution in [2.75, 3.05) is 26.2 Å². The molecule has 2 aromatic carbocycles. The first-order chi connectivity index (χ1) is 23.2. The van der Waals surface area contributed by atoms with Crippen LogP contribution in [0.5, 0.6) is 0 Å². The first-order valence-corrected chi connectivity index (χ1v) is 16.2. The summed E-state index contributed by atoms with van der Waals surface area (Å²) in [7, 11) is 0. The van der Waals surface area contributed by atoms with Gasteiger partial charge in [-0.25, -0.2) is 22.9 Å². The van der Waals surface area contributed by atoms with Crippen LogP contribution in [-0.2, 0) is 0 Å². The molecule has 6 heterocycles. The fourth-order valence-electron chi connectivity index (χ4n) is 8.05. The number of nitrogens with zero attached hydrogens (tertiary/aromatic N) is 5. The smallest absolute Gasteiger partial charge is 0.320 e. The van der Waals surface area contributed by atoms with Crippen molar-refractivity contribution in [1.29, 1.82) is 5.26 Å².